The van der Waals surface area contributed by atoms with Gasteiger partial charge in [-0.15, -0.1) is 0 Å². The Morgan fingerprint density at radius 3 is 2.48 bits per heavy atom. The van der Waals surface area contributed by atoms with Gasteiger partial charge >= 0.3 is 12.1 Å². The first-order valence-corrected chi connectivity index (χ1v) is 8.02. The van der Waals surface area contributed by atoms with Crippen LogP contribution in [0, 0.1) is 17.8 Å². The zero-order valence-corrected chi connectivity index (χ0v) is 14.5. The number of imide groups is 1. The van der Waals surface area contributed by atoms with E-state index in [1.54, 1.807) is 20.8 Å². The van der Waals surface area contributed by atoms with Crippen LogP contribution in [0.5, 0.6) is 0 Å². The number of carbonyl (C=O) groups is 3. The fourth-order valence-corrected chi connectivity index (χ4v) is 2.53. The van der Waals surface area contributed by atoms with Crippen molar-refractivity contribution in [2.45, 2.75) is 45.3 Å². The van der Waals surface area contributed by atoms with E-state index >= 15 is 0 Å². The third kappa shape index (κ3) is 4.83. The average molecular weight is 343 g/mol. The van der Waals surface area contributed by atoms with Crippen molar-refractivity contribution in [2.75, 3.05) is 0 Å². The van der Waals surface area contributed by atoms with Gasteiger partial charge in [0.1, 0.15) is 11.6 Å². The molecule has 2 amide bonds. The SMILES string of the molecule is CC(C)(C)OC(=O)N1C(=O)C(CC#Cc2ccccc2)C[C@H]1C(=O)O. The minimum absolute atomic E-state index is 0.0386. The van der Waals surface area contributed by atoms with Crippen LogP contribution in [0.1, 0.15) is 39.2 Å². The van der Waals surface area contributed by atoms with Gasteiger partial charge in [0, 0.05) is 12.0 Å². The summed E-state index contributed by atoms with van der Waals surface area (Å²) in [5.74, 6) is 3.42. The van der Waals surface area contributed by atoms with Gasteiger partial charge in [-0.2, -0.15) is 0 Å². The molecule has 2 atom stereocenters. The summed E-state index contributed by atoms with van der Waals surface area (Å²) in [5, 5.41) is 9.33. The van der Waals surface area contributed by atoms with E-state index in [9.17, 15) is 19.5 Å². The van der Waals surface area contributed by atoms with Crippen LogP contribution >= 0.6 is 0 Å². The molecule has 6 nitrogen and oxygen atoms in total. The highest BCUT2D eigenvalue weighted by atomic mass is 16.6. The maximum Gasteiger partial charge on any atom is 0.417 e. The molecule has 1 saturated heterocycles. The first kappa shape index (κ1) is 18.5. The second kappa shape index (κ2) is 7.39. The van der Waals surface area contributed by atoms with E-state index in [1.807, 2.05) is 30.3 Å². The maximum atomic E-state index is 12.5. The van der Waals surface area contributed by atoms with Crippen LogP contribution in [0.4, 0.5) is 4.79 Å². The molecule has 0 saturated carbocycles. The molecule has 0 aliphatic carbocycles. The van der Waals surface area contributed by atoms with Crippen LogP contribution in [0.25, 0.3) is 0 Å². The Morgan fingerprint density at radius 2 is 1.92 bits per heavy atom. The van der Waals surface area contributed by atoms with Gasteiger partial charge in [-0.3, -0.25) is 4.79 Å². The molecule has 2 rings (SSSR count). The lowest BCUT2D eigenvalue weighted by molar-refractivity contribution is -0.145. The number of likely N-dealkylation sites (tertiary alicyclic amines) is 1. The Labute approximate surface area is 146 Å². The van der Waals surface area contributed by atoms with E-state index in [2.05, 4.69) is 11.8 Å². The minimum atomic E-state index is -1.22. The highest BCUT2D eigenvalue weighted by molar-refractivity contribution is 6.00. The Kier molecular flexibility index (Phi) is 5.48. The third-order valence-corrected chi connectivity index (χ3v) is 3.64. The number of nitrogens with zero attached hydrogens (tertiary/aromatic N) is 1. The molecule has 132 valence electrons. The van der Waals surface area contributed by atoms with E-state index in [1.165, 1.54) is 0 Å². The fourth-order valence-electron chi connectivity index (χ4n) is 2.53. The molecule has 0 bridgehead atoms. The fraction of sp³-hybridized carbons (Fsp3) is 0.421. The van der Waals surface area contributed by atoms with Crippen LogP contribution in [0.3, 0.4) is 0 Å². The molecule has 0 spiro atoms. The molecule has 0 radical (unpaired) electrons. The summed E-state index contributed by atoms with van der Waals surface area (Å²) >= 11 is 0. The second-order valence-electron chi connectivity index (χ2n) is 6.85. The third-order valence-electron chi connectivity index (χ3n) is 3.64. The minimum Gasteiger partial charge on any atom is -0.480 e. The van der Waals surface area contributed by atoms with Gasteiger partial charge in [-0.25, -0.2) is 14.5 Å². The number of aliphatic carboxylic acids is 1. The molecule has 1 N–H and O–H groups in total. The van der Waals surface area contributed by atoms with Crippen molar-refractivity contribution in [3.05, 3.63) is 35.9 Å². The van der Waals surface area contributed by atoms with Gasteiger partial charge in [-0.05, 0) is 39.3 Å². The Balaban J connectivity index is 2.12. The van der Waals surface area contributed by atoms with Crippen LogP contribution < -0.4 is 0 Å². The number of amides is 2. The lowest BCUT2D eigenvalue weighted by Gasteiger charge is -2.25. The summed E-state index contributed by atoms with van der Waals surface area (Å²) in [6, 6.07) is 8.06. The predicted octanol–water partition coefficient (Wildman–Crippen LogP) is 2.67. The van der Waals surface area contributed by atoms with Crippen molar-refractivity contribution in [1.82, 2.24) is 4.90 Å². The standard InChI is InChI=1S/C19H21NO5/c1-19(2,3)25-18(24)20-15(17(22)23)12-14(16(20)21)11-7-10-13-8-5-4-6-9-13/h4-6,8-9,14-15H,11-12H2,1-3H3,(H,22,23)/t14?,15-/m0/s1. The van der Waals surface area contributed by atoms with E-state index in [0.717, 1.165) is 5.56 Å². The topological polar surface area (TPSA) is 83.9 Å². The summed E-state index contributed by atoms with van der Waals surface area (Å²) in [5.41, 5.74) is -0.00208. The molecular formula is C19H21NO5. The van der Waals surface area contributed by atoms with Crippen LogP contribution in [-0.2, 0) is 14.3 Å². The van der Waals surface area contributed by atoms with Crippen LogP contribution in [0.2, 0.25) is 0 Å². The Hall–Kier alpha value is -2.81. The molecule has 6 heteroatoms. The first-order chi connectivity index (χ1) is 11.7. The number of hydrogen-bond acceptors (Lipinski definition) is 4. The number of rotatable bonds is 2. The highest BCUT2D eigenvalue weighted by Gasteiger charge is 2.47. The molecule has 1 aliphatic rings. The zero-order chi connectivity index (χ0) is 18.6. The van der Waals surface area contributed by atoms with Gasteiger partial charge in [0.05, 0.1) is 5.92 Å². The van der Waals surface area contributed by atoms with Crippen LogP contribution in [0.15, 0.2) is 30.3 Å². The number of benzene rings is 1. The molecule has 1 aromatic rings. The van der Waals surface area contributed by atoms with E-state index in [-0.39, 0.29) is 12.8 Å². The van der Waals surface area contributed by atoms with Crippen molar-refractivity contribution < 1.29 is 24.2 Å². The summed E-state index contributed by atoms with van der Waals surface area (Å²) in [4.78, 5) is 36.8. The average Bonchev–Trinajstić information content (AvgIpc) is 2.84. The smallest absolute Gasteiger partial charge is 0.417 e. The van der Waals surface area contributed by atoms with Crippen molar-refractivity contribution >= 4 is 18.0 Å². The van der Waals surface area contributed by atoms with E-state index < -0.39 is 35.5 Å². The monoisotopic (exact) mass is 343 g/mol. The molecule has 1 heterocycles. The predicted molar refractivity (Wildman–Crippen MR) is 90.5 cm³/mol. The van der Waals surface area contributed by atoms with E-state index in [0.29, 0.717) is 4.90 Å². The summed E-state index contributed by atoms with van der Waals surface area (Å²) in [7, 11) is 0. The van der Waals surface area contributed by atoms with Crippen LogP contribution in [-0.4, -0.2) is 39.6 Å². The molecule has 1 fully saturated rings. The molecular weight excluding hydrogens is 322 g/mol. The summed E-state index contributed by atoms with van der Waals surface area (Å²) in [6.45, 7) is 4.97. The second-order valence-corrected chi connectivity index (χ2v) is 6.85. The zero-order valence-electron chi connectivity index (χ0n) is 14.5. The van der Waals surface area contributed by atoms with Gasteiger partial charge in [0.25, 0.3) is 0 Å². The molecule has 1 unspecified atom stereocenters. The number of carbonyl (C=O) groups excluding carboxylic acids is 2. The largest absolute Gasteiger partial charge is 0.480 e. The van der Waals surface area contributed by atoms with Crippen molar-refractivity contribution in [2.24, 2.45) is 5.92 Å². The lowest BCUT2D eigenvalue weighted by Crippen LogP contribution is -2.45. The normalized spacial score (nSPS) is 20.0. The van der Waals surface area contributed by atoms with E-state index in [4.69, 9.17) is 4.74 Å². The van der Waals surface area contributed by atoms with Gasteiger partial charge in [-0.1, -0.05) is 30.0 Å². The molecule has 1 aromatic carbocycles. The van der Waals surface area contributed by atoms with Crippen molar-refractivity contribution in [3.8, 4) is 11.8 Å². The first-order valence-electron chi connectivity index (χ1n) is 8.02. The van der Waals surface area contributed by atoms with Crippen molar-refractivity contribution in [3.63, 3.8) is 0 Å². The number of hydrogen-bond donors (Lipinski definition) is 1. The number of carboxylic acid groups (broad SMARTS) is 1. The number of ether oxygens (including phenoxy) is 1. The van der Waals surface area contributed by atoms with Gasteiger partial charge in [0.15, 0.2) is 0 Å². The number of carboxylic acids is 1. The Morgan fingerprint density at radius 1 is 1.28 bits per heavy atom. The van der Waals surface area contributed by atoms with Gasteiger partial charge in [0.2, 0.25) is 5.91 Å². The summed E-state index contributed by atoms with van der Waals surface area (Å²) in [6.07, 6.45) is -0.698. The lowest BCUT2D eigenvalue weighted by atomic mass is 10.0. The quantitative estimate of drug-likeness (QED) is 0.835. The summed E-state index contributed by atoms with van der Waals surface area (Å²) < 4.78 is 5.16. The Bertz CT molecular complexity index is 724. The molecule has 25 heavy (non-hydrogen) atoms. The highest BCUT2D eigenvalue weighted by Crippen LogP contribution is 2.29. The van der Waals surface area contributed by atoms with Crippen molar-refractivity contribution in [1.29, 1.82) is 0 Å². The molecule has 1 aliphatic heterocycles. The maximum absolute atomic E-state index is 12.5. The van der Waals surface area contributed by atoms with Gasteiger partial charge < -0.3 is 9.84 Å². The molecule has 0 aromatic heterocycles.